The molecule has 4 aliphatic rings. The van der Waals surface area contributed by atoms with E-state index < -0.39 is 0 Å². The van der Waals surface area contributed by atoms with Crippen LogP contribution in [0.25, 0.3) is 0 Å². The second kappa shape index (κ2) is 2.47. The predicted octanol–water partition coefficient (Wildman–Crippen LogP) is 2.61. The van der Waals surface area contributed by atoms with E-state index in [1.54, 1.807) is 0 Å². The minimum Gasteiger partial charge on any atom is -0.234 e. The summed E-state index contributed by atoms with van der Waals surface area (Å²) in [6.07, 6.45) is 12.2. The van der Waals surface area contributed by atoms with E-state index >= 15 is 0 Å². The van der Waals surface area contributed by atoms with Gasteiger partial charge in [0.05, 0.1) is 0 Å². The predicted molar refractivity (Wildman–Crippen MR) is 57.8 cm³/mol. The number of fused-ring (bicyclic) bond motifs is 9. The fourth-order valence-corrected chi connectivity index (χ4v) is 5.53. The Morgan fingerprint density at radius 3 is 3.07 bits per heavy atom. The van der Waals surface area contributed by atoms with Crippen LogP contribution < -0.4 is 0 Å². The molecule has 0 N–H and O–H groups in total. The number of allylic oxidation sites excluding steroid dienone is 3. The molecule has 0 aromatic carbocycles. The lowest BCUT2D eigenvalue weighted by Crippen LogP contribution is -2.38. The van der Waals surface area contributed by atoms with E-state index in [4.69, 9.17) is 0 Å². The SMILES string of the molecule is O=C=CC12C3C=CC(C3)C1C1CCC2C1. The second-order valence-corrected chi connectivity index (χ2v) is 5.95. The third kappa shape index (κ3) is 0.742. The van der Waals surface area contributed by atoms with Crippen molar-refractivity contribution in [1.82, 2.24) is 0 Å². The average molecular weight is 200 g/mol. The molecule has 1 heteroatoms. The highest BCUT2D eigenvalue weighted by atomic mass is 16.1. The first kappa shape index (κ1) is 8.35. The minimum atomic E-state index is 0.254. The van der Waals surface area contributed by atoms with Gasteiger partial charge in [-0.15, -0.1) is 0 Å². The summed E-state index contributed by atoms with van der Waals surface area (Å²) in [5, 5.41) is 0. The molecule has 0 amide bonds. The van der Waals surface area contributed by atoms with Crippen molar-refractivity contribution in [3.05, 3.63) is 18.2 Å². The van der Waals surface area contributed by atoms with Crippen molar-refractivity contribution >= 4 is 5.94 Å². The molecular formula is C14H16O. The maximum Gasteiger partial charge on any atom is 0.120 e. The van der Waals surface area contributed by atoms with Crippen molar-refractivity contribution < 1.29 is 4.79 Å². The van der Waals surface area contributed by atoms with Gasteiger partial charge in [0, 0.05) is 11.5 Å². The Bertz CT molecular complexity index is 390. The van der Waals surface area contributed by atoms with Crippen LogP contribution in [0.3, 0.4) is 0 Å². The van der Waals surface area contributed by atoms with E-state index in [1.165, 1.54) is 25.7 Å². The van der Waals surface area contributed by atoms with Crippen LogP contribution in [0.4, 0.5) is 0 Å². The first-order valence-corrected chi connectivity index (χ1v) is 6.26. The van der Waals surface area contributed by atoms with Gasteiger partial charge in [-0.05, 0) is 55.3 Å². The lowest BCUT2D eigenvalue weighted by atomic mass is 9.61. The number of hydrogen-bond acceptors (Lipinski definition) is 1. The normalized spacial score (nSPS) is 58.3. The van der Waals surface area contributed by atoms with E-state index in [0.717, 1.165) is 23.7 Å². The number of rotatable bonds is 1. The minimum absolute atomic E-state index is 0.254. The van der Waals surface area contributed by atoms with Gasteiger partial charge in [0.15, 0.2) is 0 Å². The van der Waals surface area contributed by atoms with Gasteiger partial charge in [0.1, 0.15) is 5.94 Å². The lowest BCUT2D eigenvalue weighted by molar-refractivity contribution is 0.121. The van der Waals surface area contributed by atoms with Crippen LogP contribution in [-0.2, 0) is 4.79 Å². The molecule has 0 saturated heterocycles. The summed E-state index contributed by atoms with van der Waals surface area (Å²) in [6, 6.07) is 0. The van der Waals surface area contributed by atoms with Crippen LogP contribution in [0, 0.1) is 35.0 Å². The molecule has 6 unspecified atom stereocenters. The lowest BCUT2D eigenvalue weighted by Gasteiger charge is -2.42. The summed E-state index contributed by atoms with van der Waals surface area (Å²) < 4.78 is 0. The van der Waals surface area contributed by atoms with E-state index in [-0.39, 0.29) is 5.41 Å². The Morgan fingerprint density at radius 1 is 1.27 bits per heavy atom. The molecule has 1 nitrogen and oxygen atoms in total. The fourth-order valence-electron chi connectivity index (χ4n) is 5.53. The van der Waals surface area contributed by atoms with Crippen molar-refractivity contribution in [2.45, 2.75) is 25.7 Å². The van der Waals surface area contributed by atoms with Crippen molar-refractivity contribution in [2.24, 2.45) is 35.0 Å². The third-order valence-electron chi connectivity index (χ3n) is 5.79. The third-order valence-corrected chi connectivity index (χ3v) is 5.79. The van der Waals surface area contributed by atoms with Crippen molar-refractivity contribution in [2.75, 3.05) is 0 Å². The van der Waals surface area contributed by atoms with Gasteiger partial charge in [-0.3, -0.25) is 0 Å². The van der Waals surface area contributed by atoms with Crippen LogP contribution in [0.5, 0.6) is 0 Å². The zero-order valence-corrected chi connectivity index (χ0v) is 8.86. The maximum atomic E-state index is 10.8. The molecule has 0 aromatic heterocycles. The Labute approximate surface area is 90.2 Å². The van der Waals surface area contributed by atoms with Gasteiger partial charge in [0.2, 0.25) is 0 Å². The quantitative estimate of drug-likeness (QED) is 0.361. The molecule has 0 spiro atoms. The first-order valence-electron chi connectivity index (χ1n) is 6.26. The summed E-state index contributed by atoms with van der Waals surface area (Å²) >= 11 is 0. The van der Waals surface area contributed by atoms with Crippen LogP contribution in [0.1, 0.15) is 25.7 Å². The summed E-state index contributed by atoms with van der Waals surface area (Å²) in [5.41, 5.74) is 0.254. The van der Waals surface area contributed by atoms with Gasteiger partial charge in [-0.2, -0.15) is 0 Å². The Morgan fingerprint density at radius 2 is 2.20 bits per heavy atom. The second-order valence-electron chi connectivity index (χ2n) is 5.95. The van der Waals surface area contributed by atoms with Crippen molar-refractivity contribution in [1.29, 1.82) is 0 Å². The molecule has 78 valence electrons. The van der Waals surface area contributed by atoms with Gasteiger partial charge < -0.3 is 0 Å². The van der Waals surface area contributed by atoms with Crippen molar-refractivity contribution in [3.8, 4) is 0 Å². The standard InChI is InChI=1S/C14H16O/c15-6-5-14-11-3-1-9(7-11)13(14)10-2-4-12(14)8-10/h1,3,5,9-13H,2,4,7-8H2. The molecule has 4 bridgehead atoms. The monoisotopic (exact) mass is 200 g/mol. The maximum absolute atomic E-state index is 10.8. The summed E-state index contributed by atoms with van der Waals surface area (Å²) in [4.78, 5) is 10.8. The first-order chi connectivity index (χ1) is 7.36. The highest BCUT2D eigenvalue weighted by Gasteiger charge is 2.66. The Balaban J connectivity index is 1.91. The number of hydrogen-bond donors (Lipinski definition) is 0. The van der Waals surface area contributed by atoms with Crippen LogP contribution in [0.2, 0.25) is 0 Å². The topological polar surface area (TPSA) is 17.1 Å². The molecule has 3 saturated carbocycles. The van der Waals surface area contributed by atoms with Crippen LogP contribution >= 0.6 is 0 Å². The molecule has 4 aliphatic carbocycles. The molecular weight excluding hydrogens is 184 g/mol. The molecule has 0 aliphatic heterocycles. The number of carbonyl (C=O) groups excluding carboxylic acids is 1. The van der Waals surface area contributed by atoms with Gasteiger partial charge in [-0.1, -0.05) is 12.2 Å². The molecule has 0 heterocycles. The van der Waals surface area contributed by atoms with E-state index in [2.05, 4.69) is 18.1 Å². The molecule has 0 aromatic rings. The summed E-state index contributed by atoms with van der Waals surface area (Å²) in [7, 11) is 0. The van der Waals surface area contributed by atoms with Gasteiger partial charge in [-0.25, -0.2) is 4.79 Å². The highest BCUT2D eigenvalue weighted by Crippen LogP contribution is 2.72. The average Bonchev–Trinajstić information content (AvgIpc) is 2.96. The summed E-state index contributed by atoms with van der Waals surface area (Å²) in [5.74, 6) is 6.11. The zero-order valence-electron chi connectivity index (χ0n) is 8.86. The Kier molecular flexibility index (Phi) is 1.37. The van der Waals surface area contributed by atoms with E-state index in [0.29, 0.717) is 5.92 Å². The zero-order chi connectivity index (χ0) is 10.0. The smallest absolute Gasteiger partial charge is 0.120 e. The molecule has 4 rings (SSSR count). The molecule has 3 fully saturated rings. The van der Waals surface area contributed by atoms with Crippen LogP contribution in [-0.4, -0.2) is 5.94 Å². The van der Waals surface area contributed by atoms with Gasteiger partial charge in [0.25, 0.3) is 0 Å². The van der Waals surface area contributed by atoms with Gasteiger partial charge >= 0.3 is 0 Å². The molecule has 0 radical (unpaired) electrons. The Hall–Kier alpha value is -0.810. The molecule has 15 heavy (non-hydrogen) atoms. The largest absolute Gasteiger partial charge is 0.234 e. The summed E-state index contributed by atoms with van der Waals surface area (Å²) in [6.45, 7) is 0. The van der Waals surface area contributed by atoms with Crippen LogP contribution in [0.15, 0.2) is 18.2 Å². The fraction of sp³-hybridized carbons (Fsp3) is 0.714. The molecule has 6 atom stereocenters. The highest BCUT2D eigenvalue weighted by molar-refractivity contribution is 5.50. The van der Waals surface area contributed by atoms with Crippen molar-refractivity contribution in [3.63, 3.8) is 0 Å². The van der Waals surface area contributed by atoms with E-state index in [1.807, 2.05) is 6.08 Å². The van der Waals surface area contributed by atoms with E-state index in [9.17, 15) is 4.79 Å².